The number of anilines is 1. The lowest BCUT2D eigenvalue weighted by molar-refractivity contribution is 0.414. The van der Waals surface area contributed by atoms with E-state index in [1.165, 1.54) is 11.3 Å². The lowest BCUT2D eigenvalue weighted by Gasteiger charge is -2.33. The van der Waals surface area contributed by atoms with Gasteiger partial charge in [-0.05, 0) is 37.3 Å². The van der Waals surface area contributed by atoms with E-state index in [9.17, 15) is 4.91 Å². The summed E-state index contributed by atoms with van der Waals surface area (Å²) < 4.78 is 0. The van der Waals surface area contributed by atoms with Crippen molar-refractivity contribution < 1.29 is 0 Å². The Bertz CT molecular complexity index is 357. The molecule has 2 rings (SSSR count). The van der Waals surface area contributed by atoms with E-state index in [0.29, 0.717) is 12.5 Å². The highest BCUT2D eigenvalue weighted by Crippen LogP contribution is 2.25. The molecule has 0 atom stereocenters. The number of hydrogen-bond acceptors (Lipinski definition) is 3. The van der Waals surface area contributed by atoms with E-state index in [0.717, 1.165) is 25.9 Å². The van der Waals surface area contributed by atoms with Crippen molar-refractivity contribution in [3.63, 3.8) is 0 Å². The van der Waals surface area contributed by atoms with E-state index in [2.05, 4.69) is 41.3 Å². The van der Waals surface area contributed by atoms with Crippen LogP contribution in [0.25, 0.3) is 0 Å². The summed E-state index contributed by atoms with van der Waals surface area (Å²) >= 11 is 0. The average Bonchev–Trinajstić information content (AvgIpc) is 2.31. The van der Waals surface area contributed by atoms with Gasteiger partial charge in [0, 0.05) is 18.8 Å². The van der Waals surface area contributed by atoms with Crippen LogP contribution in [0.4, 0.5) is 5.69 Å². The molecule has 0 saturated carbocycles. The largest absolute Gasteiger partial charge is 0.371 e. The topological polar surface area (TPSA) is 32.7 Å². The van der Waals surface area contributed by atoms with Crippen molar-refractivity contribution in [2.24, 2.45) is 11.1 Å². The molecule has 0 bridgehead atoms. The molecule has 0 amide bonds. The van der Waals surface area contributed by atoms with Gasteiger partial charge in [0.05, 0.1) is 6.54 Å². The third kappa shape index (κ3) is 2.40. The van der Waals surface area contributed by atoms with Gasteiger partial charge in [0.15, 0.2) is 0 Å². The first kappa shape index (κ1) is 11.1. The minimum atomic E-state index is 0.488. The van der Waals surface area contributed by atoms with Crippen LogP contribution in [0, 0.1) is 17.7 Å². The predicted octanol–water partition coefficient (Wildman–Crippen LogP) is 2.98. The van der Waals surface area contributed by atoms with Crippen LogP contribution in [-0.4, -0.2) is 19.6 Å². The Morgan fingerprint density at radius 3 is 2.62 bits per heavy atom. The second-order valence-electron chi connectivity index (χ2n) is 4.53. The normalized spacial score (nSPS) is 17.4. The standard InChI is InChI=1S/C13H18N2O/c1-11-4-2-3-5-13(11)15-8-6-12(7-9-15)10-14-16/h2-5,12H,6-10H2,1H3. The number of rotatable bonds is 3. The average molecular weight is 218 g/mol. The second-order valence-corrected chi connectivity index (χ2v) is 4.53. The van der Waals surface area contributed by atoms with Gasteiger partial charge < -0.3 is 4.90 Å². The quantitative estimate of drug-likeness (QED) is 0.731. The van der Waals surface area contributed by atoms with Crippen LogP contribution < -0.4 is 4.90 Å². The molecule has 1 fully saturated rings. The first-order valence-electron chi connectivity index (χ1n) is 5.91. The molecular weight excluding hydrogens is 200 g/mol. The van der Waals surface area contributed by atoms with Crippen molar-refractivity contribution in [3.05, 3.63) is 34.7 Å². The molecule has 1 aliphatic heterocycles. The maximum Gasteiger partial charge on any atom is 0.0840 e. The minimum Gasteiger partial charge on any atom is -0.371 e. The van der Waals surface area contributed by atoms with Gasteiger partial charge in [-0.15, -0.1) is 0 Å². The van der Waals surface area contributed by atoms with Gasteiger partial charge in [-0.25, -0.2) is 0 Å². The summed E-state index contributed by atoms with van der Waals surface area (Å²) in [5.74, 6) is 0.498. The third-order valence-electron chi connectivity index (χ3n) is 3.40. The third-order valence-corrected chi connectivity index (χ3v) is 3.40. The molecule has 1 aromatic carbocycles. The van der Waals surface area contributed by atoms with Crippen LogP contribution >= 0.6 is 0 Å². The predicted molar refractivity (Wildman–Crippen MR) is 66.8 cm³/mol. The zero-order valence-electron chi connectivity index (χ0n) is 9.72. The van der Waals surface area contributed by atoms with Gasteiger partial charge in [0.2, 0.25) is 0 Å². The Morgan fingerprint density at radius 2 is 2.00 bits per heavy atom. The summed E-state index contributed by atoms with van der Waals surface area (Å²) in [6.45, 7) is 4.73. The van der Waals surface area contributed by atoms with E-state index in [4.69, 9.17) is 0 Å². The van der Waals surface area contributed by atoms with Gasteiger partial charge in [-0.3, -0.25) is 0 Å². The summed E-state index contributed by atoms with van der Waals surface area (Å²) in [4.78, 5) is 12.6. The first-order valence-corrected chi connectivity index (χ1v) is 5.91. The molecule has 0 N–H and O–H groups in total. The molecule has 1 aliphatic rings. The second kappa shape index (κ2) is 5.10. The molecule has 0 aromatic heterocycles. The lowest BCUT2D eigenvalue weighted by Crippen LogP contribution is -2.34. The van der Waals surface area contributed by atoms with Crippen molar-refractivity contribution in [3.8, 4) is 0 Å². The number of nitrogens with zero attached hydrogens (tertiary/aromatic N) is 2. The fraction of sp³-hybridized carbons (Fsp3) is 0.538. The Labute approximate surface area is 96.4 Å². The van der Waals surface area contributed by atoms with Crippen LogP contribution in [0.2, 0.25) is 0 Å². The Morgan fingerprint density at radius 1 is 1.31 bits per heavy atom. The minimum absolute atomic E-state index is 0.488. The summed E-state index contributed by atoms with van der Waals surface area (Å²) in [6, 6.07) is 8.48. The Kier molecular flexibility index (Phi) is 3.54. The maximum absolute atomic E-state index is 10.2. The first-order chi connectivity index (χ1) is 7.81. The molecule has 0 unspecified atom stereocenters. The van der Waals surface area contributed by atoms with E-state index in [1.54, 1.807) is 0 Å². The molecule has 0 radical (unpaired) electrons. The van der Waals surface area contributed by atoms with Crippen molar-refractivity contribution >= 4 is 5.69 Å². The highest BCUT2D eigenvalue weighted by molar-refractivity contribution is 5.53. The van der Waals surface area contributed by atoms with Crippen molar-refractivity contribution in [1.29, 1.82) is 0 Å². The molecule has 16 heavy (non-hydrogen) atoms. The van der Waals surface area contributed by atoms with E-state index >= 15 is 0 Å². The zero-order chi connectivity index (χ0) is 11.4. The summed E-state index contributed by atoms with van der Waals surface area (Å²) in [6.07, 6.45) is 2.17. The van der Waals surface area contributed by atoms with Gasteiger partial charge >= 0.3 is 0 Å². The van der Waals surface area contributed by atoms with Crippen molar-refractivity contribution in [2.75, 3.05) is 24.5 Å². The van der Waals surface area contributed by atoms with Gasteiger partial charge in [0.25, 0.3) is 0 Å². The van der Waals surface area contributed by atoms with E-state index < -0.39 is 0 Å². The molecule has 3 heteroatoms. The monoisotopic (exact) mass is 218 g/mol. The summed E-state index contributed by atoms with van der Waals surface area (Å²) in [5, 5.41) is 3.01. The molecule has 0 spiro atoms. The van der Waals surface area contributed by atoms with E-state index in [1.807, 2.05) is 0 Å². The number of benzene rings is 1. The lowest BCUT2D eigenvalue weighted by atomic mass is 9.96. The molecule has 86 valence electrons. The molecule has 1 heterocycles. The van der Waals surface area contributed by atoms with Crippen molar-refractivity contribution in [1.82, 2.24) is 0 Å². The fourth-order valence-electron chi connectivity index (χ4n) is 2.38. The van der Waals surface area contributed by atoms with Gasteiger partial charge in [0.1, 0.15) is 0 Å². The van der Waals surface area contributed by atoms with Crippen LogP contribution in [0.3, 0.4) is 0 Å². The van der Waals surface area contributed by atoms with Gasteiger partial charge in [-0.2, -0.15) is 4.91 Å². The molecular formula is C13H18N2O. The zero-order valence-corrected chi connectivity index (χ0v) is 9.72. The number of para-hydroxylation sites is 1. The smallest absolute Gasteiger partial charge is 0.0840 e. The highest BCUT2D eigenvalue weighted by atomic mass is 16.3. The Balaban J connectivity index is 1.99. The van der Waals surface area contributed by atoms with Crippen LogP contribution in [0.5, 0.6) is 0 Å². The number of hydrogen-bond donors (Lipinski definition) is 0. The fourth-order valence-corrected chi connectivity index (χ4v) is 2.38. The molecule has 1 aromatic rings. The van der Waals surface area contributed by atoms with Crippen LogP contribution in [-0.2, 0) is 0 Å². The summed E-state index contributed by atoms with van der Waals surface area (Å²) in [7, 11) is 0. The SMILES string of the molecule is Cc1ccccc1N1CCC(CN=O)CC1. The molecule has 3 nitrogen and oxygen atoms in total. The van der Waals surface area contributed by atoms with Crippen LogP contribution in [0.15, 0.2) is 29.4 Å². The Hall–Kier alpha value is -1.38. The maximum atomic E-state index is 10.2. The number of aryl methyl sites for hydroxylation is 1. The van der Waals surface area contributed by atoms with Gasteiger partial charge in [-0.1, -0.05) is 23.4 Å². The highest BCUT2D eigenvalue weighted by Gasteiger charge is 2.20. The van der Waals surface area contributed by atoms with E-state index in [-0.39, 0.29) is 0 Å². The molecule has 1 saturated heterocycles. The number of piperidine rings is 1. The van der Waals surface area contributed by atoms with Crippen LogP contribution in [0.1, 0.15) is 18.4 Å². The summed E-state index contributed by atoms with van der Waals surface area (Å²) in [5.41, 5.74) is 2.66. The molecule has 0 aliphatic carbocycles. The van der Waals surface area contributed by atoms with Crippen molar-refractivity contribution in [2.45, 2.75) is 19.8 Å². The number of nitroso groups, excluding NO2 is 1.